The summed E-state index contributed by atoms with van der Waals surface area (Å²) in [5.74, 6) is -4.42. The summed E-state index contributed by atoms with van der Waals surface area (Å²) in [6.07, 6.45) is 0. The summed E-state index contributed by atoms with van der Waals surface area (Å²) in [4.78, 5) is 27.1. The van der Waals surface area contributed by atoms with Gasteiger partial charge in [0.05, 0.1) is 37.1 Å². The first-order valence-corrected chi connectivity index (χ1v) is 10.0. The Morgan fingerprint density at radius 2 is 1.74 bits per heavy atom. The highest BCUT2D eigenvalue weighted by Crippen LogP contribution is 2.44. The van der Waals surface area contributed by atoms with E-state index in [1.165, 1.54) is 50.6 Å². The zero-order valence-corrected chi connectivity index (χ0v) is 18.1. The Labute approximate surface area is 193 Å². The molecule has 1 aliphatic heterocycles. The van der Waals surface area contributed by atoms with Crippen molar-refractivity contribution in [3.05, 3.63) is 89.0 Å². The highest BCUT2D eigenvalue weighted by molar-refractivity contribution is 6.51. The maximum atomic E-state index is 14.7. The molecule has 0 saturated carbocycles. The summed E-state index contributed by atoms with van der Waals surface area (Å²) in [5.41, 5.74) is -0.463. The molecule has 0 bridgehead atoms. The van der Waals surface area contributed by atoms with E-state index >= 15 is 0 Å². The van der Waals surface area contributed by atoms with Gasteiger partial charge in [0.2, 0.25) is 0 Å². The van der Waals surface area contributed by atoms with E-state index in [4.69, 9.17) is 9.47 Å². The first kappa shape index (κ1) is 22.8. The van der Waals surface area contributed by atoms with E-state index < -0.39 is 35.1 Å². The molecule has 0 spiro atoms. The minimum absolute atomic E-state index is 0.0598. The average molecular weight is 467 g/mol. The van der Waals surface area contributed by atoms with Crippen LogP contribution >= 0.6 is 0 Å². The Kier molecular flexibility index (Phi) is 5.93. The summed E-state index contributed by atoms with van der Waals surface area (Å²) in [7, 11) is 2.77. The van der Waals surface area contributed by atoms with Crippen molar-refractivity contribution in [2.75, 3.05) is 19.1 Å². The Bertz CT molecular complexity index is 1340. The molecule has 174 valence electrons. The van der Waals surface area contributed by atoms with Crippen LogP contribution in [0.1, 0.15) is 17.2 Å². The lowest BCUT2D eigenvalue weighted by atomic mass is 9.94. The molecule has 1 unspecified atom stereocenters. The van der Waals surface area contributed by atoms with Crippen LogP contribution in [-0.2, 0) is 9.59 Å². The quantitative estimate of drug-likeness (QED) is 0.330. The third-order valence-corrected chi connectivity index (χ3v) is 5.46. The van der Waals surface area contributed by atoms with Gasteiger partial charge < -0.3 is 19.7 Å². The number of ether oxygens (including phenoxy) is 2. The molecular formula is C25H19F2NO6. The average Bonchev–Trinajstić information content (AvgIpc) is 3.08. The van der Waals surface area contributed by atoms with E-state index in [-0.39, 0.29) is 33.9 Å². The molecule has 1 fully saturated rings. The van der Waals surface area contributed by atoms with Gasteiger partial charge in [-0.25, -0.2) is 8.78 Å². The second kappa shape index (κ2) is 8.86. The van der Waals surface area contributed by atoms with Crippen molar-refractivity contribution in [2.24, 2.45) is 0 Å². The number of phenolic OH excluding ortho intramolecular Hbond substituents is 1. The van der Waals surface area contributed by atoms with Crippen molar-refractivity contribution >= 4 is 23.1 Å². The number of hydrogen-bond donors (Lipinski definition) is 2. The molecule has 34 heavy (non-hydrogen) atoms. The normalized spacial score (nSPS) is 17.2. The number of hydrogen-bond acceptors (Lipinski definition) is 6. The number of aliphatic hydroxyl groups is 1. The second-order valence-electron chi connectivity index (χ2n) is 7.43. The number of phenols is 1. The lowest BCUT2D eigenvalue weighted by Crippen LogP contribution is -2.30. The van der Waals surface area contributed by atoms with Crippen LogP contribution in [0.3, 0.4) is 0 Å². The van der Waals surface area contributed by atoms with Crippen LogP contribution in [0, 0.1) is 11.6 Å². The summed E-state index contributed by atoms with van der Waals surface area (Å²) >= 11 is 0. The first-order chi connectivity index (χ1) is 16.3. The molecule has 0 radical (unpaired) electrons. The number of carbonyl (C=O) groups excluding carboxylic acids is 2. The molecular weight excluding hydrogens is 448 g/mol. The molecule has 1 heterocycles. The molecule has 1 aliphatic rings. The summed E-state index contributed by atoms with van der Waals surface area (Å²) in [6.45, 7) is 0. The van der Waals surface area contributed by atoms with Crippen LogP contribution in [0.15, 0.2) is 66.2 Å². The number of aromatic hydroxyl groups is 1. The topological polar surface area (TPSA) is 96.3 Å². The number of aliphatic hydroxyl groups excluding tert-OH is 1. The largest absolute Gasteiger partial charge is 0.508 e. The maximum Gasteiger partial charge on any atom is 0.300 e. The molecule has 3 aromatic carbocycles. The van der Waals surface area contributed by atoms with Gasteiger partial charge in [0.25, 0.3) is 11.7 Å². The minimum atomic E-state index is -1.33. The van der Waals surface area contributed by atoms with E-state index in [9.17, 15) is 28.6 Å². The lowest BCUT2D eigenvalue weighted by molar-refractivity contribution is -0.132. The molecule has 2 N–H and O–H groups in total. The van der Waals surface area contributed by atoms with E-state index in [2.05, 4.69) is 0 Å². The Morgan fingerprint density at radius 1 is 0.971 bits per heavy atom. The van der Waals surface area contributed by atoms with Crippen LogP contribution in [-0.4, -0.2) is 36.1 Å². The van der Waals surface area contributed by atoms with Gasteiger partial charge in [-0.2, -0.15) is 0 Å². The molecule has 0 aliphatic carbocycles. The van der Waals surface area contributed by atoms with Crippen LogP contribution < -0.4 is 14.4 Å². The predicted molar refractivity (Wildman–Crippen MR) is 119 cm³/mol. The number of benzene rings is 3. The van der Waals surface area contributed by atoms with E-state index in [0.29, 0.717) is 11.8 Å². The number of carbonyl (C=O) groups is 2. The Morgan fingerprint density at radius 3 is 2.38 bits per heavy atom. The molecule has 1 atom stereocenters. The van der Waals surface area contributed by atoms with E-state index in [1.54, 1.807) is 6.07 Å². The van der Waals surface area contributed by atoms with Gasteiger partial charge in [-0.15, -0.1) is 0 Å². The van der Waals surface area contributed by atoms with E-state index in [1.807, 2.05) is 0 Å². The SMILES string of the molecule is COc1ccc(OC)c(/C(O)=C2\C(=O)C(=O)N(c3ccc(F)cc3F)C2c2cccc(O)c2)c1. The number of anilines is 1. The molecule has 0 aromatic heterocycles. The highest BCUT2D eigenvalue weighted by Gasteiger charge is 2.48. The van der Waals surface area contributed by atoms with Crippen molar-refractivity contribution < 1.29 is 38.1 Å². The zero-order chi connectivity index (χ0) is 24.6. The van der Waals surface area contributed by atoms with Gasteiger partial charge in [0.1, 0.15) is 34.6 Å². The highest BCUT2D eigenvalue weighted by atomic mass is 19.1. The third-order valence-electron chi connectivity index (χ3n) is 5.46. The number of ketones is 1. The van der Waals surface area contributed by atoms with Gasteiger partial charge >= 0.3 is 0 Å². The fraction of sp³-hybridized carbons (Fsp3) is 0.120. The molecule has 4 rings (SSSR count). The zero-order valence-electron chi connectivity index (χ0n) is 18.1. The minimum Gasteiger partial charge on any atom is -0.508 e. The smallest absolute Gasteiger partial charge is 0.300 e. The van der Waals surface area contributed by atoms with Gasteiger partial charge in [0.15, 0.2) is 0 Å². The Balaban J connectivity index is 2.01. The van der Waals surface area contributed by atoms with Gasteiger partial charge in [-0.1, -0.05) is 12.1 Å². The summed E-state index contributed by atoms with van der Waals surface area (Å²) < 4.78 is 38.8. The van der Waals surface area contributed by atoms with Crippen molar-refractivity contribution in [1.29, 1.82) is 0 Å². The first-order valence-electron chi connectivity index (χ1n) is 10.0. The number of rotatable bonds is 5. The third kappa shape index (κ3) is 3.81. The number of halogens is 2. The van der Waals surface area contributed by atoms with Gasteiger partial charge in [-0.3, -0.25) is 14.5 Å². The van der Waals surface area contributed by atoms with Crippen LogP contribution in [0.2, 0.25) is 0 Å². The maximum absolute atomic E-state index is 14.7. The van der Waals surface area contributed by atoms with E-state index in [0.717, 1.165) is 17.0 Å². The molecule has 1 amide bonds. The monoisotopic (exact) mass is 467 g/mol. The van der Waals surface area contributed by atoms with Crippen LogP contribution in [0.4, 0.5) is 14.5 Å². The van der Waals surface area contributed by atoms with Crippen molar-refractivity contribution in [2.45, 2.75) is 6.04 Å². The van der Waals surface area contributed by atoms with Crippen molar-refractivity contribution in [1.82, 2.24) is 0 Å². The van der Waals surface area contributed by atoms with Crippen molar-refractivity contribution in [3.8, 4) is 17.2 Å². The predicted octanol–water partition coefficient (Wildman–Crippen LogP) is 4.31. The number of amides is 1. The lowest BCUT2D eigenvalue weighted by Gasteiger charge is -2.26. The fourth-order valence-electron chi connectivity index (χ4n) is 3.91. The standard InChI is InChI=1S/C25H19F2NO6/c1-33-16-7-9-20(34-2)17(12-16)23(30)21-22(13-4-3-5-15(29)10-13)28(25(32)24(21)31)19-8-6-14(26)11-18(19)27/h3-12,22,29-30H,1-2H3/b23-21+. The van der Waals surface area contributed by atoms with Gasteiger partial charge in [0, 0.05) is 6.07 Å². The fourth-order valence-corrected chi connectivity index (χ4v) is 3.91. The molecule has 3 aromatic rings. The number of Topliss-reactive ketones (excluding diaryl/α,β-unsaturated/α-hetero) is 1. The molecule has 7 nitrogen and oxygen atoms in total. The number of methoxy groups -OCH3 is 2. The van der Waals surface area contributed by atoms with Crippen LogP contribution in [0.5, 0.6) is 17.2 Å². The second-order valence-corrected chi connectivity index (χ2v) is 7.43. The van der Waals surface area contributed by atoms with Gasteiger partial charge in [-0.05, 0) is 48.0 Å². The molecule has 1 saturated heterocycles. The Hall–Kier alpha value is -4.40. The summed E-state index contributed by atoms with van der Waals surface area (Å²) in [6, 6.07) is 11.3. The summed E-state index contributed by atoms with van der Waals surface area (Å²) in [5, 5.41) is 21.3. The molecule has 9 heteroatoms. The van der Waals surface area contributed by atoms with Crippen LogP contribution in [0.25, 0.3) is 5.76 Å². The number of nitrogens with zero attached hydrogens (tertiary/aromatic N) is 1. The van der Waals surface area contributed by atoms with Crippen molar-refractivity contribution in [3.63, 3.8) is 0 Å².